The van der Waals surface area contributed by atoms with Gasteiger partial charge in [-0.15, -0.1) is 0 Å². The highest BCUT2D eigenvalue weighted by atomic mass is 16.5. The molecule has 0 unspecified atom stereocenters. The zero-order valence-corrected chi connectivity index (χ0v) is 10.7. The Morgan fingerprint density at radius 1 is 1.67 bits per heavy atom. The van der Waals surface area contributed by atoms with E-state index in [0.29, 0.717) is 13.2 Å². The average Bonchev–Trinajstić information content (AvgIpc) is 3.02. The fourth-order valence-corrected chi connectivity index (χ4v) is 2.30. The molecule has 1 aliphatic rings. The summed E-state index contributed by atoms with van der Waals surface area (Å²) in [7, 11) is 1.66. The summed E-state index contributed by atoms with van der Waals surface area (Å²) in [4.78, 5) is 13.9. The Balaban J connectivity index is 1.85. The maximum absolute atomic E-state index is 12.0. The van der Waals surface area contributed by atoms with E-state index in [9.17, 15) is 4.79 Å². The van der Waals surface area contributed by atoms with Gasteiger partial charge in [-0.1, -0.05) is 0 Å². The van der Waals surface area contributed by atoms with Crippen molar-refractivity contribution >= 4 is 6.03 Å². The van der Waals surface area contributed by atoms with Crippen LogP contribution in [0.1, 0.15) is 31.1 Å². The van der Waals surface area contributed by atoms with E-state index in [-0.39, 0.29) is 12.1 Å². The third-order valence-electron chi connectivity index (χ3n) is 3.19. The lowest BCUT2D eigenvalue weighted by molar-refractivity contribution is 0.178. The van der Waals surface area contributed by atoms with Crippen molar-refractivity contribution < 1.29 is 13.9 Å². The van der Waals surface area contributed by atoms with Crippen molar-refractivity contribution in [3.63, 3.8) is 0 Å². The van der Waals surface area contributed by atoms with Gasteiger partial charge in [0.05, 0.1) is 12.3 Å². The van der Waals surface area contributed by atoms with Gasteiger partial charge in [0.25, 0.3) is 0 Å². The molecule has 5 heteroatoms. The zero-order valence-electron chi connectivity index (χ0n) is 10.7. The normalized spacial score (nSPS) is 19.2. The Labute approximate surface area is 107 Å². The molecule has 1 aromatic rings. The van der Waals surface area contributed by atoms with Crippen molar-refractivity contribution in [1.82, 2.24) is 10.2 Å². The number of carbonyl (C=O) groups excluding carboxylic acids is 1. The molecule has 1 aliphatic heterocycles. The summed E-state index contributed by atoms with van der Waals surface area (Å²) < 4.78 is 10.3. The topological polar surface area (TPSA) is 54.7 Å². The van der Waals surface area contributed by atoms with E-state index in [0.717, 1.165) is 31.6 Å². The highest BCUT2D eigenvalue weighted by Crippen LogP contribution is 2.31. The van der Waals surface area contributed by atoms with Gasteiger partial charge in [-0.25, -0.2) is 4.79 Å². The first-order valence-corrected chi connectivity index (χ1v) is 6.39. The number of carbonyl (C=O) groups is 1. The Bertz CT molecular complexity index is 364. The fourth-order valence-electron chi connectivity index (χ4n) is 2.30. The third kappa shape index (κ3) is 3.04. The van der Waals surface area contributed by atoms with E-state index in [1.807, 2.05) is 17.0 Å². The van der Waals surface area contributed by atoms with E-state index >= 15 is 0 Å². The molecule has 1 fully saturated rings. The first-order valence-electron chi connectivity index (χ1n) is 6.39. The van der Waals surface area contributed by atoms with Crippen LogP contribution in [0.5, 0.6) is 0 Å². The van der Waals surface area contributed by atoms with Crippen LogP contribution in [0.4, 0.5) is 4.79 Å². The SMILES string of the molecule is COCCCNC(=O)N1CCC[C@@H]1c1ccco1. The van der Waals surface area contributed by atoms with Crippen molar-refractivity contribution in [1.29, 1.82) is 0 Å². The summed E-state index contributed by atoms with van der Waals surface area (Å²) in [5.74, 6) is 0.875. The molecule has 2 amide bonds. The number of furan rings is 1. The lowest BCUT2D eigenvalue weighted by atomic mass is 10.2. The number of amides is 2. The Hall–Kier alpha value is -1.49. The first kappa shape index (κ1) is 13.0. The van der Waals surface area contributed by atoms with Gasteiger partial charge in [-0.05, 0) is 31.4 Å². The quantitative estimate of drug-likeness (QED) is 0.817. The van der Waals surface area contributed by atoms with E-state index < -0.39 is 0 Å². The van der Waals surface area contributed by atoms with Crippen molar-refractivity contribution in [2.24, 2.45) is 0 Å². The van der Waals surface area contributed by atoms with E-state index in [4.69, 9.17) is 9.15 Å². The highest BCUT2D eigenvalue weighted by Gasteiger charge is 2.31. The molecule has 2 rings (SSSR count). The Morgan fingerprint density at radius 2 is 2.56 bits per heavy atom. The number of rotatable bonds is 5. The van der Waals surface area contributed by atoms with Crippen LogP contribution in [0, 0.1) is 0 Å². The predicted molar refractivity (Wildman–Crippen MR) is 67.3 cm³/mol. The van der Waals surface area contributed by atoms with E-state index in [1.165, 1.54) is 0 Å². The van der Waals surface area contributed by atoms with Crippen LogP contribution in [-0.4, -0.2) is 37.7 Å². The summed E-state index contributed by atoms with van der Waals surface area (Å²) in [5.41, 5.74) is 0. The van der Waals surface area contributed by atoms with Crippen molar-refractivity contribution in [3.8, 4) is 0 Å². The van der Waals surface area contributed by atoms with Crippen LogP contribution in [0.2, 0.25) is 0 Å². The molecule has 0 radical (unpaired) electrons. The van der Waals surface area contributed by atoms with E-state index in [2.05, 4.69) is 5.32 Å². The van der Waals surface area contributed by atoms with Gasteiger partial charge >= 0.3 is 6.03 Å². The number of nitrogens with one attached hydrogen (secondary N) is 1. The average molecular weight is 252 g/mol. The maximum Gasteiger partial charge on any atom is 0.318 e. The van der Waals surface area contributed by atoms with Crippen LogP contribution in [-0.2, 0) is 4.74 Å². The van der Waals surface area contributed by atoms with Crippen molar-refractivity contribution in [2.45, 2.75) is 25.3 Å². The van der Waals surface area contributed by atoms with Crippen molar-refractivity contribution in [3.05, 3.63) is 24.2 Å². The molecule has 0 saturated carbocycles. The van der Waals surface area contributed by atoms with Gasteiger partial charge in [0.15, 0.2) is 0 Å². The first-order chi connectivity index (χ1) is 8.83. The van der Waals surface area contributed by atoms with Gasteiger partial charge < -0.3 is 19.4 Å². The second-order valence-corrected chi connectivity index (χ2v) is 4.45. The fraction of sp³-hybridized carbons (Fsp3) is 0.615. The second kappa shape index (κ2) is 6.44. The standard InChI is InChI=1S/C13H20N2O3/c1-17-9-4-7-14-13(16)15-8-2-5-11(15)12-6-3-10-18-12/h3,6,10-11H,2,4-5,7-9H2,1H3,(H,14,16)/t11-/m1/s1. The molecule has 1 saturated heterocycles. The lowest BCUT2D eigenvalue weighted by Gasteiger charge is -2.23. The minimum Gasteiger partial charge on any atom is -0.467 e. The lowest BCUT2D eigenvalue weighted by Crippen LogP contribution is -2.40. The molecule has 0 spiro atoms. The van der Waals surface area contributed by atoms with Gasteiger partial charge in [0.1, 0.15) is 5.76 Å². The largest absolute Gasteiger partial charge is 0.467 e. The number of likely N-dealkylation sites (tertiary alicyclic amines) is 1. The van der Waals surface area contributed by atoms with Crippen LogP contribution >= 0.6 is 0 Å². The van der Waals surface area contributed by atoms with Crippen LogP contribution in [0.3, 0.4) is 0 Å². The number of hydrogen-bond donors (Lipinski definition) is 1. The second-order valence-electron chi connectivity index (χ2n) is 4.45. The van der Waals surface area contributed by atoms with E-state index in [1.54, 1.807) is 13.4 Å². The van der Waals surface area contributed by atoms with Crippen LogP contribution in [0.15, 0.2) is 22.8 Å². The monoisotopic (exact) mass is 252 g/mol. The molecule has 1 N–H and O–H groups in total. The smallest absolute Gasteiger partial charge is 0.318 e. The number of ether oxygens (including phenoxy) is 1. The predicted octanol–water partition coefficient (Wildman–Crippen LogP) is 2.16. The molecule has 18 heavy (non-hydrogen) atoms. The number of methoxy groups -OCH3 is 1. The molecular weight excluding hydrogens is 232 g/mol. The summed E-state index contributed by atoms with van der Waals surface area (Å²) in [6.45, 7) is 2.11. The maximum atomic E-state index is 12.0. The molecule has 0 aromatic carbocycles. The summed E-state index contributed by atoms with van der Waals surface area (Å²) in [6.07, 6.45) is 4.49. The molecule has 1 aromatic heterocycles. The molecule has 1 atom stereocenters. The molecule has 5 nitrogen and oxygen atoms in total. The number of urea groups is 1. The highest BCUT2D eigenvalue weighted by molar-refractivity contribution is 5.74. The summed E-state index contributed by atoms with van der Waals surface area (Å²) in [5, 5.41) is 2.92. The van der Waals surface area contributed by atoms with Crippen molar-refractivity contribution in [2.75, 3.05) is 26.8 Å². The summed E-state index contributed by atoms with van der Waals surface area (Å²) in [6, 6.07) is 3.87. The molecular formula is C13H20N2O3. The molecule has 0 aliphatic carbocycles. The minimum absolute atomic E-state index is 0.00926. The van der Waals surface area contributed by atoms with Gasteiger partial charge in [-0.3, -0.25) is 0 Å². The van der Waals surface area contributed by atoms with Crippen LogP contribution < -0.4 is 5.32 Å². The third-order valence-corrected chi connectivity index (χ3v) is 3.19. The molecule has 0 bridgehead atoms. The Morgan fingerprint density at radius 3 is 3.28 bits per heavy atom. The number of nitrogens with zero attached hydrogens (tertiary/aromatic N) is 1. The molecule has 100 valence electrons. The van der Waals surface area contributed by atoms with Gasteiger partial charge in [0.2, 0.25) is 0 Å². The number of hydrogen-bond acceptors (Lipinski definition) is 3. The van der Waals surface area contributed by atoms with Gasteiger partial charge in [-0.2, -0.15) is 0 Å². The summed E-state index contributed by atoms with van der Waals surface area (Å²) >= 11 is 0. The van der Waals surface area contributed by atoms with Crippen LogP contribution in [0.25, 0.3) is 0 Å². The molecule has 2 heterocycles. The van der Waals surface area contributed by atoms with Gasteiger partial charge in [0, 0.05) is 26.8 Å². The minimum atomic E-state index is -0.00926. The zero-order chi connectivity index (χ0) is 12.8. The Kier molecular flexibility index (Phi) is 4.64.